The molecule has 7 heteroatoms. The predicted octanol–water partition coefficient (Wildman–Crippen LogP) is 2.47. The molecule has 0 unspecified atom stereocenters. The number of benzene rings is 1. The highest BCUT2D eigenvalue weighted by molar-refractivity contribution is 6.31. The van der Waals surface area contributed by atoms with Crippen LogP contribution in [-0.4, -0.2) is 23.7 Å². The number of nitrogens with one attached hydrogen (secondary N) is 1. The van der Waals surface area contributed by atoms with Crippen molar-refractivity contribution in [3.05, 3.63) is 34.3 Å². The van der Waals surface area contributed by atoms with E-state index in [0.717, 1.165) is 12.1 Å². The Bertz CT molecular complexity index is 446. The van der Waals surface area contributed by atoms with Gasteiger partial charge in [-0.2, -0.15) is 13.2 Å². The maximum Gasteiger partial charge on any atom is 0.416 e. The van der Waals surface area contributed by atoms with Crippen LogP contribution < -0.4 is 5.32 Å². The summed E-state index contributed by atoms with van der Waals surface area (Å²) in [5.74, 6) is -0.719. The summed E-state index contributed by atoms with van der Waals surface area (Å²) in [5, 5.41) is 11.1. The summed E-state index contributed by atoms with van der Waals surface area (Å²) in [4.78, 5) is 11.5. The van der Waals surface area contributed by atoms with Crippen molar-refractivity contribution in [1.29, 1.82) is 0 Å². The van der Waals surface area contributed by atoms with Crippen molar-refractivity contribution in [2.75, 3.05) is 6.54 Å². The van der Waals surface area contributed by atoms with E-state index in [-0.39, 0.29) is 17.1 Å². The molecule has 100 valence electrons. The van der Waals surface area contributed by atoms with Gasteiger partial charge in [0.1, 0.15) is 0 Å². The minimum atomic E-state index is -4.57. The molecule has 1 amide bonds. The maximum absolute atomic E-state index is 12.5. The Morgan fingerprint density at radius 3 is 2.56 bits per heavy atom. The van der Waals surface area contributed by atoms with Gasteiger partial charge in [-0.3, -0.25) is 4.79 Å². The van der Waals surface area contributed by atoms with Gasteiger partial charge in [0.25, 0.3) is 5.91 Å². The standard InChI is InChI=1S/C11H11ClF3NO2/c1-6(17)5-16-10(18)7-2-8(11(13,14)15)4-9(12)3-7/h2-4,6,17H,5H2,1H3,(H,16,18)/t6-/m0/s1. The lowest BCUT2D eigenvalue weighted by Gasteiger charge is -2.11. The Hall–Kier alpha value is -1.27. The van der Waals surface area contributed by atoms with E-state index in [0.29, 0.717) is 6.07 Å². The van der Waals surface area contributed by atoms with E-state index in [1.54, 1.807) is 0 Å². The molecule has 0 aliphatic heterocycles. The van der Waals surface area contributed by atoms with Crippen molar-refractivity contribution in [2.45, 2.75) is 19.2 Å². The fourth-order valence-corrected chi connectivity index (χ4v) is 1.46. The summed E-state index contributed by atoms with van der Waals surface area (Å²) in [6.45, 7) is 1.39. The summed E-state index contributed by atoms with van der Waals surface area (Å²) < 4.78 is 37.5. The van der Waals surface area contributed by atoms with Gasteiger partial charge in [0.15, 0.2) is 0 Å². The number of amides is 1. The van der Waals surface area contributed by atoms with Crippen LogP contribution in [0.5, 0.6) is 0 Å². The Balaban J connectivity index is 2.96. The number of aliphatic hydroxyl groups excluding tert-OH is 1. The zero-order valence-electron chi connectivity index (χ0n) is 9.38. The van der Waals surface area contributed by atoms with E-state index in [2.05, 4.69) is 5.32 Å². The predicted molar refractivity (Wildman–Crippen MR) is 60.5 cm³/mol. The van der Waals surface area contributed by atoms with Gasteiger partial charge >= 0.3 is 6.18 Å². The molecule has 0 fully saturated rings. The van der Waals surface area contributed by atoms with Crippen LogP contribution in [0.4, 0.5) is 13.2 Å². The summed E-state index contributed by atoms with van der Waals surface area (Å²) in [6.07, 6.45) is -5.35. The number of hydrogen-bond acceptors (Lipinski definition) is 2. The maximum atomic E-state index is 12.5. The topological polar surface area (TPSA) is 49.3 Å². The van der Waals surface area contributed by atoms with E-state index in [1.165, 1.54) is 6.92 Å². The van der Waals surface area contributed by atoms with Gasteiger partial charge in [-0.1, -0.05) is 11.6 Å². The number of aliphatic hydroxyl groups is 1. The van der Waals surface area contributed by atoms with Gasteiger partial charge in [0.05, 0.1) is 11.7 Å². The van der Waals surface area contributed by atoms with Crippen molar-refractivity contribution in [2.24, 2.45) is 0 Å². The second-order valence-corrected chi connectivity index (χ2v) is 4.22. The molecule has 0 saturated carbocycles. The number of halogens is 4. The molecule has 1 atom stereocenters. The molecule has 0 bridgehead atoms. The molecular formula is C11H11ClF3NO2. The fourth-order valence-electron chi connectivity index (χ4n) is 1.23. The molecule has 0 aliphatic carbocycles. The molecule has 0 heterocycles. The number of rotatable bonds is 3. The van der Waals surface area contributed by atoms with E-state index in [1.807, 2.05) is 0 Å². The molecule has 3 nitrogen and oxygen atoms in total. The van der Waals surface area contributed by atoms with Gasteiger partial charge in [0.2, 0.25) is 0 Å². The second kappa shape index (κ2) is 5.58. The Morgan fingerprint density at radius 2 is 2.06 bits per heavy atom. The quantitative estimate of drug-likeness (QED) is 0.894. The lowest BCUT2D eigenvalue weighted by atomic mass is 10.1. The molecule has 0 aromatic heterocycles. The average molecular weight is 282 g/mol. The molecule has 0 spiro atoms. The molecule has 2 N–H and O–H groups in total. The fraction of sp³-hybridized carbons (Fsp3) is 0.364. The lowest BCUT2D eigenvalue weighted by molar-refractivity contribution is -0.137. The number of alkyl halides is 3. The van der Waals surface area contributed by atoms with Crippen LogP contribution in [0, 0.1) is 0 Å². The SMILES string of the molecule is C[C@H](O)CNC(=O)c1cc(Cl)cc(C(F)(F)F)c1. The smallest absolute Gasteiger partial charge is 0.392 e. The van der Waals surface area contributed by atoms with Crippen LogP contribution >= 0.6 is 11.6 Å². The van der Waals surface area contributed by atoms with Crippen molar-refractivity contribution >= 4 is 17.5 Å². The van der Waals surface area contributed by atoms with Crippen LogP contribution in [0.3, 0.4) is 0 Å². The van der Waals surface area contributed by atoms with Crippen LogP contribution in [0.2, 0.25) is 5.02 Å². The van der Waals surface area contributed by atoms with Gasteiger partial charge in [-0.05, 0) is 25.1 Å². The monoisotopic (exact) mass is 281 g/mol. The Labute approximate surface area is 107 Å². The van der Waals surface area contributed by atoms with Crippen molar-refractivity contribution < 1.29 is 23.1 Å². The van der Waals surface area contributed by atoms with Crippen LogP contribution in [-0.2, 0) is 6.18 Å². The van der Waals surface area contributed by atoms with Crippen LogP contribution in [0.15, 0.2) is 18.2 Å². The first-order valence-electron chi connectivity index (χ1n) is 5.04. The molecule has 1 aromatic carbocycles. The summed E-state index contributed by atoms with van der Waals surface area (Å²) >= 11 is 5.53. The third-order valence-corrected chi connectivity index (χ3v) is 2.26. The van der Waals surface area contributed by atoms with E-state index >= 15 is 0 Å². The average Bonchev–Trinajstić information content (AvgIpc) is 2.23. The molecule has 0 radical (unpaired) electrons. The van der Waals surface area contributed by atoms with Gasteiger partial charge in [0, 0.05) is 17.1 Å². The number of hydrogen-bond donors (Lipinski definition) is 2. The van der Waals surface area contributed by atoms with Crippen molar-refractivity contribution in [1.82, 2.24) is 5.32 Å². The minimum absolute atomic E-state index is 0.0489. The molecule has 1 rings (SSSR count). The van der Waals surface area contributed by atoms with E-state index in [9.17, 15) is 18.0 Å². The first-order valence-corrected chi connectivity index (χ1v) is 5.42. The van der Waals surface area contributed by atoms with E-state index < -0.39 is 23.8 Å². The molecule has 0 aliphatic rings. The van der Waals surface area contributed by atoms with Crippen LogP contribution in [0.25, 0.3) is 0 Å². The Morgan fingerprint density at radius 1 is 1.44 bits per heavy atom. The van der Waals surface area contributed by atoms with Gasteiger partial charge in [-0.25, -0.2) is 0 Å². The molecule has 1 aromatic rings. The largest absolute Gasteiger partial charge is 0.416 e. The summed E-state index contributed by atoms with van der Waals surface area (Å²) in [6, 6.07) is 2.59. The highest BCUT2D eigenvalue weighted by Crippen LogP contribution is 2.31. The summed E-state index contributed by atoms with van der Waals surface area (Å²) in [5.41, 5.74) is -1.19. The zero-order valence-corrected chi connectivity index (χ0v) is 10.1. The molecular weight excluding hydrogens is 271 g/mol. The molecule has 18 heavy (non-hydrogen) atoms. The first-order chi connectivity index (χ1) is 8.20. The van der Waals surface area contributed by atoms with E-state index in [4.69, 9.17) is 16.7 Å². The van der Waals surface area contributed by atoms with Crippen LogP contribution in [0.1, 0.15) is 22.8 Å². The second-order valence-electron chi connectivity index (χ2n) is 3.79. The Kier molecular flexibility index (Phi) is 4.59. The zero-order chi connectivity index (χ0) is 13.9. The van der Waals surface area contributed by atoms with Gasteiger partial charge in [-0.15, -0.1) is 0 Å². The number of carbonyl (C=O) groups excluding carboxylic acids is 1. The molecule has 0 saturated heterocycles. The van der Waals surface area contributed by atoms with Gasteiger partial charge < -0.3 is 10.4 Å². The first kappa shape index (κ1) is 14.8. The van der Waals surface area contributed by atoms with Crippen molar-refractivity contribution in [3.63, 3.8) is 0 Å². The van der Waals surface area contributed by atoms with Crippen molar-refractivity contribution in [3.8, 4) is 0 Å². The minimum Gasteiger partial charge on any atom is -0.392 e. The lowest BCUT2D eigenvalue weighted by Crippen LogP contribution is -2.30. The highest BCUT2D eigenvalue weighted by atomic mass is 35.5. The third kappa shape index (κ3) is 4.19. The number of carbonyl (C=O) groups is 1. The summed E-state index contributed by atoms with van der Waals surface area (Å²) in [7, 11) is 0. The normalized spacial score (nSPS) is 13.2. The highest BCUT2D eigenvalue weighted by Gasteiger charge is 2.31. The third-order valence-electron chi connectivity index (χ3n) is 2.05.